The molecule has 1 N–H and O–H groups in total. The van der Waals surface area contributed by atoms with Gasteiger partial charge in [0.25, 0.3) is 0 Å². The SMILES string of the molecule is Cc1nc(-c2cnnn2C)n[nH]1. The number of aryl methyl sites for hydroxylation is 2. The van der Waals surface area contributed by atoms with E-state index in [1.807, 2.05) is 6.92 Å². The third kappa shape index (κ3) is 0.969. The van der Waals surface area contributed by atoms with Crippen LogP contribution in [-0.2, 0) is 7.05 Å². The molecule has 0 aliphatic carbocycles. The molecule has 0 aromatic carbocycles. The minimum atomic E-state index is 0.625. The third-order valence-corrected chi connectivity index (χ3v) is 1.54. The molecule has 0 aliphatic rings. The van der Waals surface area contributed by atoms with Gasteiger partial charge in [-0.15, -0.1) is 5.10 Å². The fraction of sp³-hybridized carbons (Fsp3) is 0.333. The van der Waals surface area contributed by atoms with Crippen molar-refractivity contribution >= 4 is 0 Å². The van der Waals surface area contributed by atoms with E-state index in [1.165, 1.54) is 0 Å². The Labute approximate surface area is 68.6 Å². The maximum absolute atomic E-state index is 4.15. The Morgan fingerprint density at radius 3 is 2.83 bits per heavy atom. The highest BCUT2D eigenvalue weighted by Crippen LogP contribution is 2.09. The molecule has 2 rings (SSSR count). The van der Waals surface area contributed by atoms with Gasteiger partial charge < -0.3 is 0 Å². The van der Waals surface area contributed by atoms with E-state index in [1.54, 1.807) is 17.9 Å². The molecular formula is C6H8N6. The molecule has 2 heterocycles. The monoisotopic (exact) mass is 164 g/mol. The largest absolute Gasteiger partial charge is 0.263 e. The molecule has 2 aromatic heterocycles. The van der Waals surface area contributed by atoms with E-state index in [2.05, 4.69) is 25.5 Å². The lowest BCUT2D eigenvalue weighted by molar-refractivity contribution is 0.717. The summed E-state index contributed by atoms with van der Waals surface area (Å²) in [5, 5.41) is 14.2. The molecule has 0 fully saturated rings. The normalized spacial score (nSPS) is 10.5. The number of hydrogen-bond donors (Lipinski definition) is 1. The molecule has 0 amide bonds. The molecule has 62 valence electrons. The van der Waals surface area contributed by atoms with Crippen molar-refractivity contribution in [3.63, 3.8) is 0 Å². The summed E-state index contributed by atoms with van der Waals surface area (Å²) in [7, 11) is 1.80. The van der Waals surface area contributed by atoms with Crippen LogP contribution in [0, 0.1) is 6.92 Å². The number of hydrogen-bond acceptors (Lipinski definition) is 4. The standard InChI is InChI=1S/C6H8N6/c1-4-8-6(10-9-4)5-3-7-11-12(5)2/h3H,1-2H3,(H,8,9,10). The molecule has 0 aliphatic heterocycles. The average Bonchev–Trinajstić information content (AvgIpc) is 2.58. The first kappa shape index (κ1) is 6.96. The van der Waals surface area contributed by atoms with Crippen LogP contribution in [0.15, 0.2) is 6.20 Å². The molecule has 0 saturated heterocycles. The molecule has 2 aromatic rings. The van der Waals surface area contributed by atoms with Crippen LogP contribution < -0.4 is 0 Å². The zero-order valence-electron chi connectivity index (χ0n) is 6.81. The van der Waals surface area contributed by atoms with E-state index in [4.69, 9.17) is 0 Å². The number of H-pyrrole nitrogens is 1. The first-order valence-electron chi connectivity index (χ1n) is 3.51. The first-order chi connectivity index (χ1) is 5.77. The second kappa shape index (κ2) is 2.40. The van der Waals surface area contributed by atoms with Crippen molar-refractivity contribution in [3.8, 4) is 11.5 Å². The zero-order chi connectivity index (χ0) is 8.55. The van der Waals surface area contributed by atoms with E-state index in [0.717, 1.165) is 11.5 Å². The molecule has 0 bridgehead atoms. The molecule has 12 heavy (non-hydrogen) atoms. The van der Waals surface area contributed by atoms with Gasteiger partial charge >= 0.3 is 0 Å². The first-order valence-corrected chi connectivity index (χ1v) is 3.51. The van der Waals surface area contributed by atoms with Gasteiger partial charge in [-0.25, -0.2) is 9.67 Å². The van der Waals surface area contributed by atoms with Crippen molar-refractivity contribution in [1.82, 2.24) is 30.2 Å². The van der Waals surface area contributed by atoms with Crippen LogP contribution in [0.25, 0.3) is 11.5 Å². The predicted octanol–water partition coefficient (Wildman–Crippen LogP) is -0.0914. The van der Waals surface area contributed by atoms with Crippen LogP contribution in [0.1, 0.15) is 5.82 Å². The lowest BCUT2D eigenvalue weighted by Crippen LogP contribution is -1.94. The van der Waals surface area contributed by atoms with Gasteiger partial charge in [0.15, 0.2) is 0 Å². The van der Waals surface area contributed by atoms with Gasteiger partial charge in [0.05, 0.1) is 6.20 Å². The summed E-state index contributed by atoms with van der Waals surface area (Å²) in [6, 6.07) is 0. The highest BCUT2D eigenvalue weighted by Gasteiger charge is 2.07. The Kier molecular flexibility index (Phi) is 1.39. The summed E-state index contributed by atoms with van der Waals surface area (Å²) in [6.07, 6.45) is 1.63. The Bertz CT molecular complexity index is 386. The van der Waals surface area contributed by atoms with E-state index in [9.17, 15) is 0 Å². The van der Waals surface area contributed by atoms with Gasteiger partial charge in [-0.05, 0) is 6.92 Å². The number of nitrogens with zero attached hydrogens (tertiary/aromatic N) is 5. The Morgan fingerprint density at radius 2 is 2.33 bits per heavy atom. The Morgan fingerprint density at radius 1 is 1.50 bits per heavy atom. The van der Waals surface area contributed by atoms with E-state index in [0.29, 0.717) is 5.82 Å². The van der Waals surface area contributed by atoms with Crippen molar-refractivity contribution < 1.29 is 0 Å². The van der Waals surface area contributed by atoms with Gasteiger partial charge in [0, 0.05) is 7.05 Å². The van der Waals surface area contributed by atoms with Gasteiger partial charge in [-0.3, -0.25) is 5.10 Å². The van der Waals surface area contributed by atoms with Crippen molar-refractivity contribution in [2.75, 3.05) is 0 Å². The molecule has 6 heteroatoms. The average molecular weight is 164 g/mol. The second-order valence-electron chi connectivity index (χ2n) is 2.49. The number of nitrogens with one attached hydrogen (secondary N) is 1. The molecule has 0 atom stereocenters. The molecule has 0 radical (unpaired) electrons. The fourth-order valence-corrected chi connectivity index (χ4v) is 0.949. The minimum Gasteiger partial charge on any atom is -0.263 e. The zero-order valence-corrected chi connectivity index (χ0v) is 6.81. The second-order valence-corrected chi connectivity index (χ2v) is 2.49. The third-order valence-electron chi connectivity index (χ3n) is 1.54. The van der Waals surface area contributed by atoms with Crippen LogP contribution in [0.4, 0.5) is 0 Å². The van der Waals surface area contributed by atoms with Crippen molar-refractivity contribution in [3.05, 3.63) is 12.0 Å². The quantitative estimate of drug-likeness (QED) is 0.639. The van der Waals surface area contributed by atoms with Gasteiger partial charge in [-0.2, -0.15) is 5.10 Å². The van der Waals surface area contributed by atoms with Crippen molar-refractivity contribution in [2.45, 2.75) is 6.92 Å². The predicted molar refractivity (Wildman–Crippen MR) is 41.1 cm³/mol. The maximum Gasteiger partial charge on any atom is 0.201 e. The molecular weight excluding hydrogens is 156 g/mol. The van der Waals surface area contributed by atoms with Crippen LogP contribution in [-0.4, -0.2) is 30.2 Å². The van der Waals surface area contributed by atoms with E-state index >= 15 is 0 Å². The van der Waals surface area contributed by atoms with E-state index in [-0.39, 0.29) is 0 Å². The van der Waals surface area contributed by atoms with Crippen LogP contribution in [0.5, 0.6) is 0 Å². The molecule has 6 nitrogen and oxygen atoms in total. The topological polar surface area (TPSA) is 72.3 Å². The van der Waals surface area contributed by atoms with Crippen molar-refractivity contribution in [2.24, 2.45) is 7.05 Å². The lowest BCUT2D eigenvalue weighted by atomic mass is 10.4. The summed E-state index contributed by atoms with van der Waals surface area (Å²) in [5.41, 5.74) is 0.805. The molecule has 0 unspecified atom stereocenters. The summed E-state index contributed by atoms with van der Waals surface area (Å²) in [4.78, 5) is 4.15. The van der Waals surface area contributed by atoms with Crippen LogP contribution >= 0.6 is 0 Å². The van der Waals surface area contributed by atoms with Crippen LogP contribution in [0.3, 0.4) is 0 Å². The Balaban J connectivity index is 2.50. The minimum absolute atomic E-state index is 0.625. The summed E-state index contributed by atoms with van der Waals surface area (Å²) in [6.45, 7) is 1.85. The Hall–Kier alpha value is -1.72. The fourth-order valence-electron chi connectivity index (χ4n) is 0.949. The van der Waals surface area contributed by atoms with E-state index < -0.39 is 0 Å². The number of aromatic amines is 1. The maximum atomic E-state index is 4.15. The number of rotatable bonds is 1. The highest BCUT2D eigenvalue weighted by molar-refractivity contribution is 5.46. The summed E-state index contributed by atoms with van der Waals surface area (Å²) in [5.74, 6) is 1.41. The molecule has 0 saturated carbocycles. The molecule has 0 spiro atoms. The van der Waals surface area contributed by atoms with Crippen molar-refractivity contribution in [1.29, 1.82) is 0 Å². The van der Waals surface area contributed by atoms with Gasteiger partial charge in [0.1, 0.15) is 11.5 Å². The van der Waals surface area contributed by atoms with Crippen LogP contribution in [0.2, 0.25) is 0 Å². The van der Waals surface area contributed by atoms with Gasteiger partial charge in [-0.1, -0.05) is 5.21 Å². The number of aromatic nitrogens is 6. The summed E-state index contributed by atoms with van der Waals surface area (Å²) >= 11 is 0. The summed E-state index contributed by atoms with van der Waals surface area (Å²) < 4.78 is 1.63. The smallest absolute Gasteiger partial charge is 0.201 e. The highest BCUT2D eigenvalue weighted by atomic mass is 15.4. The lowest BCUT2D eigenvalue weighted by Gasteiger charge is -1.91. The van der Waals surface area contributed by atoms with Gasteiger partial charge in [0.2, 0.25) is 5.82 Å².